The molecule has 7 heteroatoms. The van der Waals surface area contributed by atoms with Crippen LogP contribution < -0.4 is 0 Å². The third-order valence-electron chi connectivity index (χ3n) is 4.99. The van der Waals surface area contributed by atoms with Crippen molar-refractivity contribution < 1.29 is 23.8 Å². The van der Waals surface area contributed by atoms with E-state index in [0.717, 1.165) is 55.6 Å². The van der Waals surface area contributed by atoms with E-state index in [-0.39, 0.29) is 31.8 Å². The molecule has 2 rings (SSSR count). The first-order chi connectivity index (χ1) is 16.1. The Bertz CT molecular complexity index is 828. The van der Waals surface area contributed by atoms with E-state index in [1.54, 1.807) is 6.20 Å². The summed E-state index contributed by atoms with van der Waals surface area (Å²) in [5.41, 5.74) is 2.28. The molecule has 180 valence electrons. The van der Waals surface area contributed by atoms with Gasteiger partial charge in [0, 0.05) is 19.0 Å². The summed E-state index contributed by atoms with van der Waals surface area (Å²) in [6.45, 7) is 4.52. The second-order valence-electron chi connectivity index (χ2n) is 7.95. The topological polar surface area (TPSA) is 87.6 Å². The van der Waals surface area contributed by atoms with Crippen LogP contribution in [0.1, 0.15) is 70.9 Å². The molecule has 0 spiro atoms. The monoisotopic (exact) mass is 456 g/mol. The summed E-state index contributed by atoms with van der Waals surface area (Å²) in [4.78, 5) is 33.1. The van der Waals surface area contributed by atoms with Gasteiger partial charge in [0.2, 0.25) is 0 Å². The van der Waals surface area contributed by atoms with E-state index in [1.165, 1.54) is 0 Å². The number of carbonyl (C=O) groups is 2. The minimum Gasteiger partial charge on any atom is -0.462 e. The van der Waals surface area contributed by atoms with Crippen LogP contribution in [0, 0.1) is 0 Å². The predicted molar refractivity (Wildman–Crippen MR) is 126 cm³/mol. The van der Waals surface area contributed by atoms with E-state index in [1.807, 2.05) is 36.4 Å². The van der Waals surface area contributed by atoms with Crippen LogP contribution in [0.15, 0.2) is 42.6 Å². The van der Waals surface area contributed by atoms with Gasteiger partial charge in [0.1, 0.15) is 6.61 Å². The summed E-state index contributed by atoms with van der Waals surface area (Å²) in [6, 6.07) is 11.3. The Hall–Kier alpha value is -2.80. The van der Waals surface area contributed by atoms with Gasteiger partial charge in [-0.25, -0.2) is 4.98 Å². The quantitative estimate of drug-likeness (QED) is 0.251. The summed E-state index contributed by atoms with van der Waals surface area (Å²) < 4.78 is 16.6. The van der Waals surface area contributed by atoms with Crippen LogP contribution in [0.5, 0.6) is 0 Å². The molecule has 2 aromatic rings. The SMILES string of the molecule is CCCCCC(=O)OC[C@H](COCc1cccc(-c2ccccn2)n1)OC(=O)CCCCC. The zero-order chi connectivity index (χ0) is 23.7. The van der Waals surface area contributed by atoms with Crippen molar-refractivity contribution in [3.05, 3.63) is 48.3 Å². The van der Waals surface area contributed by atoms with Crippen molar-refractivity contribution in [1.82, 2.24) is 9.97 Å². The minimum atomic E-state index is -0.645. The lowest BCUT2D eigenvalue weighted by molar-refractivity contribution is -0.163. The summed E-state index contributed by atoms with van der Waals surface area (Å²) in [5, 5.41) is 0. The molecule has 0 unspecified atom stereocenters. The predicted octanol–water partition coefficient (Wildman–Crippen LogP) is 5.28. The van der Waals surface area contributed by atoms with Crippen LogP contribution in [0.3, 0.4) is 0 Å². The molecule has 7 nitrogen and oxygen atoms in total. The maximum atomic E-state index is 12.2. The van der Waals surface area contributed by atoms with Crippen LogP contribution >= 0.6 is 0 Å². The van der Waals surface area contributed by atoms with Crippen molar-refractivity contribution in [1.29, 1.82) is 0 Å². The number of pyridine rings is 2. The first-order valence-corrected chi connectivity index (χ1v) is 11.9. The highest BCUT2D eigenvalue weighted by atomic mass is 16.6. The molecule has 0 amide bonds. The fourth-order valence-corrected chi connectivity index (χ4v) is 3.17. The molecule has 0 aliphatic rings. The Balaban J connectivity index is 1.87. The average molecular weight is 457 g/mol. The molecule has 0 bridgehead atoms. The van der Waals surface area contributed by atoms with Gasteiger partial charge in [-0.3, -0.25) is 14.6 Å². The maximum absolute atomic E-state index is 12.2. The standard InChI is InChI=1S/C26H36N2O5/c1-3-5-7-15-25(29)32-20-22(33-26(30)16-8-6-4-2)19-31-18-21-12-11-14-24(28-21)23-13-9-10-17-27-23/h9-14,17,22H,3-8,15-16,18-20H2,1-2H3/t22-/m0/s1. The Morgan fingerprint density at radius 2 is 1.58 bits per heavy atom. The van der Waals surface area contributed by atoms with E-state index in [0.29, 0.717) is 12.8 Å². The normalized spacial score (nSPS) is 11.7. The van der Waals surface area contributed by atoms with Crippen LogP contribution in [-0.4, -0.2) is 41.2 Å². The highest BCUT2D eigenvalue weighted by Crippen LogP contribution is 2.14. The molecule has 0 N–H and O–H groups in total. The van der Waals surface area contributed by atoms with Crippen molar-refractivity contribution in [2.24, 2.45) is 0 Å². The van der Waals surface area contributed by atoms with Gasteiger partial charge in [0.25, 0.3) is 0 Å². The lowest BCUT2D eigenvalue weighted by Gasteiger charge is -2.18. The van der Waals surface area contributed by atoms with E-state index in [4.69, 9.17) is 14.2 Å². The van der Waals surface area contributed by atoms with Gasteiger partial charge in [-0.15, -0.1) is 0 Å². The van der Waals surface area contributed by atoms with Gasteiger partial charge < -0.3 is 14.2 Å². The highest BCUT2D eigenvalue weighted by Gasteiger charge is 2.18. The van der Waals surface area contributed by atoms with Crippen molar-refractivity contribution in [2.45, 2.75) is 77.9 Å². The van der Waals surface area contributed by atoms with Crippen LogP contribution in [0.25, 0.3) is 11.4 Å². The third-order valence-corrected chi connectivity index (χ3v) is 4.99. The zero-order valence-electron chi connectivity index (χ0n) is 19.8. The second kappa shape index (κ2) is 15.9. The van der Waals surface area contributed by atoms with Crippen molar-refractivity contribution in [3.63, 3.8) is 0 Å². The van der Waals surface area contributed by atoms with Gasteiger partial charge >= 0.3 is 11.9 Å². The number of unbranched alkanes of at least 4 members (excludes halogenated alkanes) is 4. The maximum Gasteiger partial charge on any atom is 0.306 e. The number of aromatic nitrogens is 2. The molecule has 0 aliphatic heterocycles. The molecular weight excluding hydrogens is 420 g/mol. The lowest BCUT2D eigenvalue weighted by Crippen LogP contribution is -2.29. The summed E-state index contributed by atoms with van der Waals surface area (Å²) in [6.07, 6.45) is 7.40. The minimum absolute atomic E-state index is 0.00806. The van der Waals surface area contributed by atoms with Crippen LogP contribution in [-0.2, 0) is 30.4 Å². The number of ether oxygens (including phenoxy) is 3. The van der Waals surface area contributed by atoms with E-state index in [9.17, 15) is 9.59 Å². The highest BCUT2D eigenvalue weighted by molar-refractivity contribution is 5.70. The Kier molecular flexibility index (Phi) is 12.8. The lowest BCUT2D eigenvalue weighted by atomic mass is 10.2. The average Bonchev–Trinajstić information content (AvgIpc) is 2.83. The van der Waals surface area contributed by atoms with Gasteiger partial charge in [0.15, 0.2) is 6.10 Å². The Morgan fingerprint density at radius 1 is 0.848 bits per heavy atom. The largest absolute Gasteiger partial charge is 0.462 e. The summed E-state index contributed by atoms with van der Waals surface area (Å²) in [5.74, 6) is -0.574. The first-order valence-electron chi connectivity index (χ1n) is 11.9. The fraction of sp³-hybridized carbons (Fsp3) is 0.538. The molecule has 0 saturated heterocycles. The fourth-order valence-electron chi connectivity index (χ4n) is 3.17. The summed E-state index contributed by atoms with van der Waals surface area (Å²) >= 11 is 0. The molecule has 0 saturated carbocycles. The molecule has 2 heterocycles. The van der Waals surface area contributed by atoms with Crippen LogP contribution in [0.2, 0.25) is 0 Å². The molecule has 0 aliphatic carbocycles. The van der Waals surface area contributed by atoms with Gasteiger partial charge in [0.05, 0.1) is 30.3 Å². The van der Waals surface area contributed by atoms with Crippen molar-refractivity contribution >= 4 is 11.9 Å². The smallest absolute Gasteiger partial charge is 0.306 e. The van der Waals surface area contributed by atoms with Gasteiger partial charge in [-0.2, -0.15) is 0 Å². The molecule has 33 heavy (non-hydrogen) atoms. The van der Waals surface area contributed by atoms with Crippen molar-refractivity contribution in [2.75, 3.05) is 13.2 Å². The number of hydrogen-bond donors (Lipinski definition) is 0. The number of hydrogen-bond acceptors (Lipinski definition) is 7. The van der Waals surface area contributed by atoms with E-state index >= 15 is 0 Å². The Morgan fingerprint density at radius 3 is 2.27 bits per heavy atom. The van der Waals surface area contributed by atoms with Gasteiger partial charge in [-0.1, -0.05) is 51.7 Å². The number of nitrogens with zero attached hydrogens (tertiary/aromatic N) is 2. The molecule has 1 atom stereocenters. The molecule has 0 aromatic carbocycles. The third kappa shape index (κ3) is 11.1. The zero-order valence-corrected chi connectivity index (χ0v) is 19.8. The van der Waals surface area contributed by atoms with Crippen molar-refractivity contribution in [3.8, 4) is 11.4 Å². The van der Waals surface area contributed by atoms with Gasteiger partial charge in [-0.05, 0) is 37.1 Å². The van der Waals surface area contributed by atoms with E-state index < -0.39 is 6.10 Å². The first kappa shape index (κ1) is 26.5. The number of rotatable bonds is 16. The second-order valence-corrected chi connectivity index (χ2v) is 7.95. The molecular formula is C26H36N2O5. The number of carbonyl (C=O) groups excluding carboxylic acids is 2. The number of esters is 2. The summed E-state index contributed by atoms with van der Waals surface area (Å²) in [7, 11) is 0. The van der Waals surface area contributed by atoms with E-state index in [2.05, 4.69) is 23.8 Å². The molecule has 0 radical (unpaired) electrons. The molecule has 0 fully saturated rings. The van der Waals surface area contributed by atoms with Crippen LogP contribution in [0.4, 0.5) is 0 Å². The molecule has 2 aromatic heterocycles. The Labute approximate surface area is 196 Å².